The van der Waals surface area contributed by atoms with Gasteiger partial charge in [0, 0.05) is 11.3 Å². The van der Waals surface area contributed by atoms with Gasteiger partial charge in [-0.25, -0.2) is 15.0 Å². The highest BCUT2D eigenvalue weighted by molar-refractivity contribution is 6.42. The number of amides is 3. The fraction of sp³-hybridized carbons (Fsp3) is 0.214. The van der Waals surface area contributed by atoms with Crippen molar-refractivity contribution in [1.82, 2.24) is 16.1 Å². The smallest absolute Gasteiger partial charge is 0.338 e. The second-order valence-electron chi connectivity index (χ2n) is 8.61. The van der Waals surface area contributed by atoms with Crippen molar-refractivity contribution in [3.05, 3.63) is 81.2 Å². The normalized spacial score (nSPS) is 14.9. The number of halogens is 2. The van der Waals surface area contributed by atoms with Crippen LogP contribution in [-0.2, 0) is 14.3 Å². The van der Waals surface area contributed by atoms with Gasteiger partial charge in [0.05, 0.1) is 41.6 Å². The van der Waals surface area contributed by atoms with Crippen molar-refractivity contribution >= 4 is 47.3 Å². The number of hydrogen-bond donors (Lipinski definition) is 3. The highest BCUT2D eigenvalue weighted by Crippen LogP contribution is 2.34. The average Bonchev–Trinajstić information content (AvgIpc) is 3.42. The van der Waals surface area contributed by atoms with Crippen molar-refractivity contribution in [2.75, 3.05) is 20.3 Å². The fourth-order valence-corrected chi connectivity index (χ4v) is 4.27. The lowest BCUT2D eigenvalue weighted by molar-refractivity contribution is -0.139. The number of carbonyl (C=O) groups excluding carboxylic acids is 3. The van der Waals surface area contributed by atoms with E-state index in [0.717, 1.165) is 5.56 Å². The van der Waals surface area contributed by atoms with Crippen molar-refractivity contribution in [3.63, 3.8) is 0 Å². The molecular formula is C28H26Cl2N4O7. The maximum Gasteiger partial charge on any atom is 0.338 e. The predicted octanol–water partition coefficient (Wildman–Crippen LogP) is 4.98. The lowest BCUT2D eigenvalue weighted by atomic mass is 9.95. The molecule has 0 fully saturated rings. The number of furan rings is 1. The van der Waals surface area contributed by atoms with Gasteiger partial charge >= 0.3 is 12.0 Å². The van der Waals surface area contributed by atoms with Gasteiger partial charge in [0.2, 0.25) is 0 Å². The number of hydrazone groups is 1. The summed E-state index contributed by atoms with van der Waals surface area (Å²) >= 11 is 12.0. The Morgan fingerprint density at radius 3 is 2.63 bits per heavy atom. The third-order valence-electron chi connectivity index (χ3n) is 5.86. The van der Waals surface area contributed by atoms with E-state index in [9.17, 15) is 14.4 Å². The predicted molar refractivity (Wildman–Crippen MR) is 152 cm³/mol. The Bertz CT molecular complexity index is 1530. The summed E-state index contributed by atoms with van der Waals surface area (Å²) in [5.41, 5.74) is 4.30. The van der Waals surface area contributed by atoms with Crippen molar-refractivity contribution in [1.29, 1.82) is 0 Å². The van der Waals surface area contributed by atoms with Gasteiger partial charge in [-0.2, -0.15) is 5.10 Å². The Hall–Kier alpha value is -4.48. The Labute approximate surface area is 245 Å². The number of methoxy groups -OCH3 is 1. The minimum Gasteiger partial charge on any atom is -0.493 e. The SMILES string of the molecule is CCOC(=O)C1=C(C)NC(=O)N[C@H]1c1ccc(OCC(=O)N/N=C\c2ccc(-c3ccc(Cl)c(Cl)c3)o2)c(OC)c1. The summed E-state index contributed by atoms with van der Waals surface area (Å²) in [6.07, 6.45) is 1.35. The topological polar surface area (TPSA) is 140 Å². The molecule has 1 aromatic heterocycles. The molecule has 3 amide bonds. The van der Waals surface area contributed by atoms with Crippen molar-refractivity contribution < 1.29 is 33.0 Å². The Kier molecular flexibility index (Phi) is 9.53. The van der Waals surface area contributed by atoms with Crippen LogP contribution in [0.1, 0.15) is 31.2 Å². The molecule has 2 aromatic carbocycles. The molecule has 0 spiro atoms. The molecule has 1 atom stereocenters. The zero-order valence-electron chi connectivity index (χ0n) is 22.2. The lowest BCUT2D eigenvalue weighted by Crippen LogP contribution is -2.45. The monoisotopic (exact) mass is 600 g/mol. The first-order valence-corrected chi connectivity index (χ1v) is 13.1. The van der Waals surface area contributed by atoms with E-state index < -0.39 is 23.9 Å². The van der Waals surface area contributed by atoms with Gasteiger partial charge in [-0.15, -0.1) is 0 Å². The van der Waals surface area contributed by atoms with Gasteiger partial charge in [0.1, 0.15) is 11.5 Å². The van der Waals surface area contributed by atoms with Gasteiger partial charge in [-0.1, -0.05) is 29.3 Å². The molecule has 1 aliphatic heterocycles. The van der Waals surface area contributed by atoms with E-state index in [1.165, 1.54) is 13.3 Å². The number of rotatable bonds is 10. The molecule has 3 aromatic rings. The molecule has 13 heteroatoms. The van der Waals surface area contributed by atoms with E-state index in [1.807, 2.05) is 0 Å². The molecule has 0 radical (unpaired) electrons. The first kappa shape index (κ1) is 29.5. The molecule has 11 nitrogen and oxygen atoms in total. The van der Waals surface area contributed by atoms with Crippen LogP contribution >= 0.6 is 23.2 Å². The highest BCUT2D eigenvalue weighted by atomic mass is 35.5. The van der Waals surface area contributed by atoms with Gasteiger partial charge in [0.25, 0.3) is 5.91 Å². The number of nitrogens with zero attached hydrogens (tertiary/aromatic N) is 1. The molecule has 2 heterocycles. The Morgan fingerprint density at radius 2 is 1.90 bits per heavy atom. The number of ether oxygens (including phenoxy) is 3. The van der Waals surface area contributed by atoms with Crippen LogP contribution in [0.25, 0.3) is 11.3 Å². The van der Waals surface area contributed by atoms with Crippen LogP contribution in [0.4, 0.5) is 4.79 Å². The standard InChI is InChI=1S/C28H26Cl2N4O7/c1-4-39-27(36)25-15(2)32-28(37)33-26(25)17-6-9-22(23(12-17)38-3)40-14-24(35)34-31-13-18-7-10-21(41-18)16-5-8-19(29)20(30)11-16/h5-13,26H,4,14H2,1-3H3,(H,34,35)(H2,32,33,37)/b31-13-/t26-/m0/s1. The van der Waals surface area contributed by atoms with E-state index >= 15 is 0 Å². The Morgan fingerprint density at radius 1 is 1.10 bits per heavy atom. The molecule has 0 unspecified atom stereocenters. The van der Waals surface area contributed by atoms with Gasteiger partial charge in [-0.3, -0.25) is 4.79 Å². The average molecular weight is 601 g/mol. The molecule has 0 aliphatic carbocycles. The second-order valence-corrected chi connectivity index (χ2v) is 9.43. The zero-order valence-corrected chi connectivity index (χ0v) is 23.8. The number of urea groups is 1. The quantitative estimate of drug-likeness (QED) is 0.169. The minimum atomic E-state index is -0.776. The van der Waals surface area contributed by atoms with E-state index in [1.54, 1.807) is 62.4 Å². The van der Waals surface area contributed by atoms with Crippen molar-refractivity contribution in [3.8, 4) is 22.8 Å². The molecule has 0 bridgehead atoms. The summed E-state index contributed by atoms with van der Waals surface area (Å²) < 4.78 is 21.9. The van der Waals surface area contributed by atoms with Crippen LogP contribution in [0, 0.1) is 0 Å². The number of carbonyl (C=O) groups is 3. The first-order valence-electron chi connectivity index (χ1n) is 12.3. The number of hydrogen-bond acceptors (Lipinski definition) is 8. The second kappa shape index (κ2) is 13.2. The molecule has 3 N–H and O–H groups in total. The van der Waals surface area contributed by atoms with Crippen LogP contribution in [-0.4, -0.2) is 44.4 Å². The number of esters is 1. The van der Waals surface area contributed by atoms with Crippen LogP contribution in [0.15, 0.2) is 69.3 Å². The molecule has 0 saturated carbocycles. The first-order chi connectivity index (χ1) is 19.7. The molecule has 4 rings (SSSR count). The van der Waals surface area contributed by atoms with E-state index in [-0.39, 0.29) is 30.3 Å². The number of nitrogens with one attached hydrogen (secondary N) is 3. The maximum atomic E-state index is 12.6. The summed E-state index contributed by atoms with van der Waals surface area (Å²) in [6, 6.07) is 12.1. The van der Waals surface area contributed by atoms with Gasteiger partial charge in [-0.05, 0) is 61.9 Å². The summed E-state index contributed by atoms with van der Waals surface area (Å²) in [7, 11) is 1.43. The fourth-order valence-electron chi connectivity index (χ4n) is 3.98. The molecule has 0 saturated heterocycles. The summed E-state index contributed by atoms with van der Waals surface area (Å²) in [5, 5.41) is 10.0. The summed E-state index contributed by atoms with van der Waals surface area (Å²) in [5.74, 6) is 0.432. The van der Waals surface area contributed by atoms with Crippen LogP contribution in [0.2, 0.25) is 10.0 Å². The number of benzene rings is 2. The van der Waals surface area contributed by atoms with E-state index in [2.05, 4.69) is 21.2 Å². The summed E-state index contributed by atoms with van der Waals surface area (Å²) in [4.78, 5) is 37.0. The largest absolute Gasteiger partial charge is 0.493 e. The molecule has 41 heavy (non-hydrogen) atoms. The third kappa shape index (κ3) is 7.19. The van der Waals surface area contributed by atoms with Crippen molar-refractivity contribution in [2.45, 2.75) is 19.9 Å². The van der Waals surface area contributed by atoms with Crippen molar-refractivity contribution in [2.24, 2.45) is 5.10 Å². The van der Waals surface area contributed by atoms with Gasteiger partial charge < -0.3 is 29.3 Å². The molecule has 1 aliphatic rings. The van der Waals surface area contributed by atoms with Crippen LogP contribution in [0.3, 0.4) is 0 Å². The maximum absolute atomic E-state index is 12.6. The molecule has 214 valence electrons. The van der Waals surface area contributed by atoms with Crippen LogP contribution in [0.5, 0.6) is 11.5 Å². The zero-order chi connectivity index (χ0) is 29.5. The number of allylic oxidation sites excluding steroid dienone is 1. The van der Waals surface area contributed by atoms with E-state index in [0.29, 0.717) is 32.8 Å². The molecular weight excluding hydrogens is 575 g/mol. The van der Waals surface area contributed by atoms with E-state index in [4.69, 9.17) is 41.8 Å². The minimum absolute atomic E-state index is 0.180. The summed E-state index contributed by atoms with van der Waals surface area (Å²) in [6.45, 7) is 3.13. The van der Waals surface area contributed by atoms with Crippen LogP contribution < -0.4 is 25.5 Å². The van der Waals surface area contributed by atoms with Gasteiger partial charge in [0.15, 0.2) is 18.1 Å². The third-order valence-corrected chi connectivity index (χ3v) is 6.60. The lowest BCUT2D eigenvalue weighted by Gasteiger charge is -2.28. The highest BCUT2D eigenvalue weighted by Gasteiger charge is 2.32. The Balaban J connectivity index is 1.38.